The summed E-state index contributed by atoms with van der Waals surface area (Å²) in [7, 11) is 2.18. The highest BCUT2D eigenvalue weighted by atomic mass is 16.1. The number of nitrogens with one attached hydrogen (secondary N) is 1. The number of benzene rings is 2. The van der Waals surface area contributed by atoms with Crippen LogP contribution in [0.1, 0.15) is 51.2 Å². The number of rotatable bonds is 3. The van der Waals surface area contributed by atoms with Crippen LogP contribution in [0.25, 0.3) is 0 Å². The zero-order valence-electron chi connectivity index (χ0n) is 16.2. The smallest absolute Gasteiger partial charge is 0.221 e. The van der Waals surface area contributed by atoms with Crippen molar-refractivity contribution in [3.63, 3.8) is 0 Å². The number of amides is 1. The predicted octanol–water partition coefficient (Wildman–Crippen LogP) is 5.12. The van der Waals surface area contributed by atoms with E-state index in [0.29, 0.717) is 5.92 Å². The molecule has 1 amide bonds. The summed E-state index contributed by atoms with van der Waals surface area (Å²) < 4.78 is 0. The molecular formula is C22H27N3O. The van der Waals surface area contributed by atoms with Crippen LogP contribution in [0.15, 0.2) is 47.5 Å². The Morgan fingerprint density at radius 1 is 1.23 bits per heavy atom. The fourth-order valence-electron chi connectivity index (χ4n) is 3.66. The number of fused-ring (bicyclic) bond motifs is 1. The van der Waals surface area contributed by atoms with Gasteiger partial charge in [-0.3, -0.25) is 9.79 Å². The third-order valence-corrected chi connectivity index (χ3v) is 5.21. The Morgan fingerprint density at radius 2 is 1.92 bits per heavy atom. The highest BCUT2D eigenvalue weighted by molar-refractivity contribution is 5.89. The molecule has 0 aliphatic carbocycles. The van der Waals surface area contributed by atoms with Crippen molar-refractivity contribution in [1.29, 1.82) is 0 Å². The van der Waals surface area contributed by atoms with Gasteiger partial charge < -0.3 is 10.2 Å². The van der Waals surface area contributed by atoms with Gasteiger partial charge in [-0.25, -0.2) is 0 Å². The van der Waals surface area contributed by atoms with Crippen molar-refractivity contribution in [2.24, 2.45) is 4.99 Å². The molecule has 0 unspecified atom stereocenters. The second-order valence-corrected chi connectivity index (χ2v) is 7.78. The SMILES string of the molecule is CC(=O)Nc1ccc(N=Cc2ccc3c(c2)[C@@H](C)CC(C)(C)N3C)cc1. The van der Waals surface area contributed by atoms with Gasteiger partial charge in [0.25, 0.3) is 0 Å². The highest BCUT2D eigenvalue weighted by Crippen LogP contribution is 2.42. The largest absolute Gasteiger partial charge is 0.369 e. The van der Waals surface area contributed by atoms with Crippen molar-refractivity contribution in [2.75, 3.05) is 17.3 Å². The summed E-state index contributed by atoms with van der Waals surface area (Å²) in [5.41, 5.74) is 5.63. The van der Waals surface area contributed by atoms with Gasteiger partial charge >= 0.3 is 0 Å². The van der Waals surface area contributed by atoms with E-state index in [9.17, 15) is 4.79 Å². The van der Waals surface area contributed by atoms with E-state index >= 15 is 0 Å². The number of hydrogen-bond acceptors (Lipinski definition) is 3. The third kappa shape index (κ3) is 3.79. The molecule has 0 saturated heterocycles. The van der Waals surface area contributed by atoms with Crippen LogP contribution >= 0.6 is 0 Å². The van der Waals surface area contributed by atoms with Gasteiger partial charge in [0.15, 0.2) is 0 Å². The molecule has 0 saturated carbocycles. The molecule has 4 nitrogen and oxygen atoms in total. The van der Waals surface area contributed by atoms with Crippen LogP contribution in [0, 0.1) is 0 Å². The summed E-state index contributed by atoms with van der Waals surface area (Å²) in [6.07, 6.45) is 3.04. The maximum atomic E-state index is 11.1. The lowest BCUT2D eigenvalue weighted by Crippen LogP contribution is -2.45. The van der Waals surface area contributed by atoms with Crippen LogP contribution < -0.4 is 10.2 Å². The minimum atomic E-state index is -0.0717. The van der Waals surface area contributed by atoms with Crippen LogP contribution in [0.3, 0.4) is 0 Å². The molecule has 1 heterocycles. The number of carbonyl (C=O) groups excluding carboxylic acids is 1. The molecule has 1 aliphatic rings. The fraction of sp³-hybridized carbons (Fsp3) is 0.364. The van der Waals surface area contributed by atoms with Crippen molar-refractivity contribution >= 4 is 29.2 Å². The Morgan fingerprint density at radius 3 is 2.58 bits per heavy atom. The van der Waals surface area contributed by atoms with E-state index in [1.54, 1.807) is 0 Å². The van der Waals surface area contributed by atoms with Crippen molar-refractivity contribution in [2.45, 2.75) is 45.6 Å². The highest BCUT2D eigenvalue weighted by Gasteiger charge is 2.33. The second-order valence-electron chi connectivity index (χ2n) is 7.78. The summed E-state index contributed by atoms with van der Waals surface area (Å²) in [5.74, 6) is 0.457. The van der Waals surface area contributed by atoms with Crippen LogP contribution in [0.5, 0.6) is 0 Å². The number of nitrogens with zero attached hydrogens (tertiary/aromatic N) is 2. The van der Waals surface area contributed by atoms with E-state index in [-0.39, 0.29) is 11.4 Å². The summed E-state index contributed by atoms with van der Waals surface area (Å²) in [6, 6.07) is 14.1. The zero-order chi connectivity index (χ0) is 18.9. The topological polar surface area (TPSA) is 44.7 Å². The molecule has 136 valence electrons. The van der Waals surface area contributed by atoms with Gasteiger partial charge in [0.1, 0.15) is 0 Å². The summed E-state index contributed by atoms with van der Waals surface area (Å²) in [4.78, 5) is 18.0. The van der Waals surface area contributed by atoms with Crippen molar-refractivity contribution < 1.29 is 4.79 Å². The van der Waals surface area contributed by atoms with Gasteiger partial charge in [-0.05, 0) is 73.7 Å². The monoisotopic (exact) mass is 349 g/mol. The van der Waals surface area contributed by atoms with Crippen LogP contribution in [-0.2, 0) is 4.79 Å². The minimum Gasteiger partial charge on any atom is -0.369 e. The average Bonchev–Trinajstić information content (AvgIpc) is 2.58. The van der Waals surface area contributed by atoms with Crippen LogP contribution in [-0.4, -0.2) is 24.7 Å². The molecule has 1 aliphatic heterocycles. The average molecular weight is 349 g/mol. The maximum Gasteiger partial charge on any atom is 0.221 e. The zero-order valence-corrected chi connectivity index (χ0v) is 16.2. The summed E-state index contributed by atoms with van der Waals surface area (Å²) in [6.45, 7) is 8.40. The van der Waals surface area contributed by atoms with Gasteiger partial charge in [0.05, 0.1) is 5.69 Å². The minimum absolute atomic E-state index is 0.0717. The van der Waals surface area contributed by atoms with E-state index in [2.05, 4.69) is 61.2 Å². The fourth-order valence-corrected chi connectivity index (χ4v) is 3.66. The molecule has 26 heavy (non-hydrogen) atoms. The molecule has 0 radical (unpaired) electrons. The standard InChI is InChI=1S/C22H27N3O/c1-15-13-22(3,4)25(5)21-11-6-17(12-20(15)21)14-23-18-7-9-19(10-8-18)24-16(2)26/h6-12,14-15H,13H2,1-5H3,(H,24,26)/t15-/m0/s1. The lowest BCUT2D eigenvalue weighted by molar-refractivity contribution is -0.114. The first kappa shape index (κ1) is 18.2. The van der Waals surface area contributed by atoms with Crippen LogP contribution in [0.2, 0.25) is 0 Å². The lowest BCUT2D eigenvalue weighted by atomic mass is 9.80. The number of carbonyl (C=O) groups is 1. The molecule has 1 N–H and O–H groups in total. The van der Waals surface area contributed by atoms with E-state index in [4.69, 9.17) is 0 Å². The van der Waals surface area contributed by atoms with Crippen LogP contribution in [0.4, 0.5) is 17.1 Å². The Labute approximate surface area is 155 Å². The number of aliphatic imine (C=N–C) groups is 1. The summed E-state index contributed by atoms with van der Waals surface area (Å²) in [5, 5.41) is 2.76. The Kier molecular flexibility index (Phi) is 4.86. The van der Waals surface area contributed by atoms with Crippen molar-refractivity contribution in [1.82, 2.24) is 0 Å². The van der Waals surface area contributed by atoms with Crippen molar-refractivity contribution in [3.8, 4) is 0 Å². The van der Waals surface area contributed by atoms with Gasteiger partial charge in [-0.2, -0.15) is 0 Å². The van der Waals surface area contributed by atoms with E-state index in [0.717, 1.165) is 23.4 Å². The third-order valence-electron chi connectivity index (χ3n) is 5.21. The van der Waals surface area contributed by atoms with E-state index < -0.39 is 0 Å². The molecule has 0 spiro atoms. The Balaban J connectivity index is 1.80. The number of anilines is 2. The quantitative estimate of drug-likeness (QED) is 0.782. The van der Waals surface area contributed by atoms with E-state index in [1.807, 2.05) is 30.5 Å². The molecule has 1 atom stereocenters. The molecule has 4 heteroatoms. The Hall–Kier alpha value is -2.62. The normalized spacial score (nSPS) is 18.7. The lowest BCUT2D eigenvalue weighted by Gasteiger charge is -2.45. The van der Waals surface area contributed by atoms with Crippen molar-refractivity contribution in [3.05, 3.63) is 53.6 Å². The molecule has 2 aromatic rings. The molecule has 2 aromatic carbocycles. The predicted molar refractivity (Wildman–Crippen MR) is 110 cm³/mol. The second kappa shape index (κ2) is 6.94. The first-order chi connectivity index (χ1) is 12.3. The molecular weight excluding hydrogens is 322 g/mol. The Bertz CT molecular complexity index is 837. The molecule has 0 aromatic heterocycles. The van der Waals surface area contributed by atoms with Gasteiger partial charge in [0.2, 0.25) is 5.91 Å². The molecule has 3 rings (SSSR count). The van der Waals surface area contributed by atoms with Gasteiger partial charge in [-0.1, -0.05) is 13.0 Å². The molecule has 0 fully saturated rings. The van der Waals surface area contributed by atoms with E-state index in [1.165, 1.54) is 18.2 Å². The van der Waals surface area contributed by atoms with Gasteiger partial charge in [-0.15, -0.1) is 0 Å². The first-order valence-electron chi connectivity index (χ1n) is 9.06. The first-order valence-corrected chi connectivity index (χ1v) is 9.06. The van der Waals surface area contributed by atoms with Gasteiger partial charge in [0, 0.05) is 37.1 Å². The summed E-state index contributed by atoms with van der Waals surface area (Å²) >= 11 is 0. The molecule has 0 bridgehead atoms. The maximum absolute atomic E-state index is 11.1. The number of hydrogen-bond donors (Lipinski definition) is 1.